The molecular weight excluding hydrogens is 192 g/mol. The first-order valence-corrected chi connectivity index (χ1v) is 5.32. The highest BCUT2D eigenvalue weighted by atomic mass is 16.4. The molecule has 1 aliphatic carbocycles. The lowest BCUT2D eigenvalue weighted by Crippen LogP contribution is -2.06. The van der Waals surface area contributed by atoms with Crippen LogP contribution < -0.4 is 0 Å². The van der Waals surface area contributed by atoms with Gasteiger partial charge in [0.2, 0.25) is 0 Å². The van der Waals surface area contributed by atoms with E-state index in [0.29, 0.717) is 0 Å². The summed E-state index contributed by atoms with van der Waals surface area (Å²) in [5, 5.41) is 13.2. The lowest BCUT2D eigenvalue weighted by Gasteiger charge is -2.02. The number of carbonyl (C=O) groups is 1. The van der Waals surface area contributed by atoms with E-state index < -0.39 is 5.97 Å². The van der Waals surface area contributed by atoms with Crippen molar-refractivity contribution in [1.29, 1.82) is 0 Å². The maximum atomic E-state index is 10.7. The summed E-state index contributed by atoms with van der Waals surface area (Å²) in [6.07, 6.45) is 2.65. The van der Waals surface area contributed by atoms with Crippen LogP contribution >= 0.6 is 0 Å². The third-order valence-electron chi connectivity index (χ3n) is 2.99. The maximum absolute atomic E-state index is 10.7. The molecule has 15 heavy (non-hydrogen) atoms. The molecule has 2 rings (SSSR count). The van der Waals surface area contributed by atoms with Crippen LogP contribution in [0.15, 0.2) is 0 Å². The van der Waals surface area contributed by atoms with E-state index in [9.17, 15) is 4.79 Å². The highest BCUT2D eigenvalue weighted by molar-refractivity contribution is 5.70. The predicted octanol–water partition coefficient (Wildman–Crippen LogP) is 1.54. The van der Waals surface area contributed by atoms with Crippen molar-refractivity contribution in [1.82, 2.24) is 9.78 Å². The average molecular weight is 208 g/mol. The molecule has 0 aromatic carbocycles. The van der Waals surface area contributed by atoms with Gasteiger partial charge in [-0.05, 0) is 32.6 Å². The molecule has 0 unspecified atom stereocenters. The van der Waals surface area contributed by atoms with E-state index in [-0.39, 0.29) is 6.42 Å². The fraction of sp³-hybridized carbons (Fsp3) is 0.636. The third kappa shape index (κ3) is 2.19. The number of carboxylic acid groups (broad SMARTS) is 1. The van der Waals surface area contributed by atoms with E-state index in [0.717, 1.165) is 29.4 Å². The number of nitrogens with zero attached hydrogens (tertiary/aromatic N) is 2. The number of aromatic nitrogens is 2. The number of hydrogen-bond donors (Lipinski definition) is 1. The summed E-state index contributed by atoms with van der Waals surface area (Å²) in [7, 11) is 0. The first kappa shape index (κ1) is 10.2. The quantitative estimate of drug-likeness (QED) is 0.816. The van der Waals surface area contributed by atoms with Crippen molar-refractivity contribution in [2.75, 3.05) is 0 Å². The average Bonchev–Trinajstić information content (AvgIpc) is 2.91. The Hall–Kier alpha value is -1.32. The third-order valence-corrected chi connectivity index (χ3v) is 2.99. The largest absolute Gasteiger partial charge is 0.481 e. The molecule has 4 nitrogen and oxygen atoms in total. The van der Waals surface area contributed by atoms with Crippen LogP contribution in [0.25, 0.3) is 0 Å². The van der Waals surface area contributed by atoms with Gasteiger partial charge in [0, 0.05) is 17.8 Å². The number of hydrogen-bond acceptors (Lipinski definition) is 2. The zero-order chi connectivity index (χ0) is 11.0. The Morgan fingerprint density at radius 3 is 2.73 bits per heavy atom. The van der Waals surface area contributed by atoms with Gasteiger partial charge in [-0.15, -0.1) is 0 Å². The monoisotopic (exact) mass is 208 g/mol. The minimum atomic E-state index is -0.785. The molecule has 1 aromatic heterocycles. The second kappa shape index (κ2) is 3.68. The Bertz CT molecular complexity index is 392. The zero-order valence-electron chi connectivity index (χ0n) is 9.16. The maximum Gasteiger partial charge on any atom is 0.307 e. The van der Waals surface area contributed by atoms with Crippen molar-refractivity contribution in [3.63, 3.8) is 0 Å². The molecule has 0 aliphatic heterocycles. The summed E-state index contributed by atoms with van der Waals surface area (Å²) in [6.45, 7) is 4.79. The van der Waals surface area contributed by atoms with E-state index in [4.69, 9.17) is 5.11 Å². The van der Waals surface area contributed by atoms with Gasteiger partial charge in [0.15, 0.2) is 0 Å². The predicted molar refractivity (Wildman–Crippen MR) is 55.8 cm³/mol. The summed E-state index contributed by atoms with van der Waals surface area (Å²) >= 11 is 0. The summed E-state index contributed by atoms with van der Waals surface area (Å²) < 4.78 is 1.96. The number of rotatable bonds is 4. The van der Waals surface area contributed by atoms with Crippen LogP contribution in [0.1, 0.15) is 29.8 Å². The van der Waals surface area contributed by atoms with E-state index in [2.05, 4.69) is 5.10 Å². The fourth-order valence-corrected chi connectivity index (χ4v) is 1.86. The first-order chi connectivity index (χ1) is 7.08. The van der Waals surface area contributed by atoms with Crippen LogP contribution in [0.2, 0.25) is 0 Å². The summed E-state index contributed by atoms with van der Waals surface area (Å²) in [5.41, 5.74) is 2.75. The molecule has 0 radical (unpaired) electrons. The molecule has 0 atom stereocenters. The molecule has 1 heterocycles. The molecular formula is C11H16N2O2. The molecule has 0 spiro atoms. The van der Waals surface area contributed by atoms with Crippen molar-refractivity contribution in [2.24, 2.45) is 5.92 Å². The van der Waals surface area contributed by atoms with Gasteiger partial charge in [0.05, 0.1) is 12.1 Å². The topological polar surface area (TPSA) is 55.1 Å². The molecule has 1 fully saturated rings. The minimum absolute atomic E-state index is 0.0856. The Balaban J connectivity index is 2.21. The lowest BCUT2D eigenvalue weighted by atomic mass is 10.1. The van der Waals surface area contributed by atoms with Gasteiger partial charge in [0.25, 0.3) is 0 Å². The Labute approximate surface area is 88.9 Å². The molecule has 0 bridgehead atoms. The second-order valence-electron chi connectivity index (χ2n) is 4.35. The smallest absolute Gasteiger partial charge is 0.307 e. The van der Waals surface area contributed by atoms with Crippen molar-refractivity contribution in [3.05, 3.63) is 17.0 Å². The van der Waals surface area contributed by atoms with E-state index >= 15 is 0 Å². The number of aliphatic carboxylic acids is 1. The summed E-state index contributed by atoms with van der Waals surface area (Å²) in [6, 6.07) is 0. The Morgan fingerprint density at radius 2 is 2.20 bits per heavy atom. The SMILES string of the molecule is Cc1nn(CC2CC2)c(C)c1CC(=O)O. The molecule has 1 aliphatic rings. The van der Waals surface area contributed by atoms with Gasteiger partial charge in [-0.1, -0.05) is 0 Å². The summed E-state index contributed by atoms with van der Waals surface area (Å²) in [5.74, 6) is -0.0205. The Kier molecular flexibility index (Phi) is 2.50. The fourth-order valence-electron chi connectivity index (χ4n) is 1.86. The molecule has 1 aromatic rings. The molecule has 0 saturated heterocycles. The van der Waals surface area contributed by atoms with E-state index in [1.54, 1.807) is 0 Å². The van der Waals surface area contributed by atoms with Crippen molar-refractivity contribution < 1.29 is 9.90 Å². The van der Waals surface area contributed by atoms with Crippen LogP contribution in [-0.4, -0.2) is 20.9 Å². The van der Waals surface area contributed by atoms with Gasteiger partial charge < -0.3 is 5.11 Å². The Morgan fingerprint density at radius 1 is 1.53 bits per heavy atom. The van der Waals surface area contributed by atoms with Gasteiger partial charge in [-0.2, -0.15) is 5.10 Å². The van der Waals surface area contributed by atoms with E-state index in [1.807, 2.05) is 18.5 Å². The van der Waals surface area contributed by atoms with Crippen LogP contribution in [0.4, 0.5) is 0 Å². The standard InChI is InChI=1S/C11H16N2O2/c1-7-10(5-11(14)15)8(2)13(12-7)6-9-3-4-9/h9H,3-6H2,1-2H3,(H,14,15). The molecule has 4 heteroatoms. The van der Waals surface area contributed by atoms with Crippen molar-refractivity contribution >= 4 is 5.97 Å². The van der Waals surface area contributed by atoms with Crippen LogP contribution in [-0.2, 0) is 17.8 Å². The lowest BCUT2D eigenvalue weighted by molar-refractivity contribution is -0.136. The number of aryl methyl sites for hydroxylation is 1. The minimum Gasteiger partial charge on any atom is -0.481 e. The van der Waals surface area contributed by atoms with Crippen molar-refractivity contribution in [2.45, 2.75) is 39.7 Å². The highest BCUT2D eigenvalue weighted by Crippen LogP contribution is 2.31. The van der Waals surface area contributed by atoms with Crippen LogP contribution in [0.5, 0.6) is 0 Å². The van der Waals surface area contributed by atoms with Crippen molar-refractivity contribution in [3.8, 4) is 0 Å². The zero-order valence-corrected chi connectivity index (χ0v) is 9.16. The molecule has 0 amide bonds. The first-order valence-electron chi connectivity index (χ1n) is 5.32. The molecule has 1 saturated carbocycles. The normalized spacial score (nSPS) is 15.6. The van der Waals surface area contributed by atoms with Crippen LogP contribution in [0, 0.1) is 19.8 Å². The highest BCUT2D eigenvalue weighted by Gasteiger charge is 2.24. The second-order valence-corrected chi connectivity index (χ2v) is 4.35. The van der Waals surface area contributed by atoms with Gasteiger partial charge >= 0.3 is 5.97 Å². The summed E-state index contributed by atoms with van der Waals surface area (Å²) in [4.78, 5) is 10.7. The molecule has 82 valence electrons. The van der Waals surface area contributed by atoms with Gasteiger partial charge in [-0.3, -0.25) is 9.48 Å². The molecule has 1 N–H and O–H groups in total. The number of carboxylic acids is 1. The van der Waals surface area contributed by atoms with Gasteiger partial charge in [0.1, 0.15) is 0 Å². The van der Waals surface area contributed by atoms with Crippen LogP contribution in [0.3, 0.4) is 0 Å². The van der Waals surface area contributed by atoms with Gasteiger partial charge in [-0.25, -0.2) is 0 Å². The van der Waals surface area contributed by atoms with E-state index in [1.165, 1.54) is 12.8 Å².